The minimum atomic E-state index is 0.283. The van der Waals surface area contributed by atoms with Crippen LogP contribution in [0.3, 0.4) is 0 Å². The van der Waals surface area contributed by atoms with Crippen LogP contribution in [0.5, 0.6) is 0 Å². The van der Waals surface area contributed by atoms with E-state index in [9.17, 15) is 0 Å². The molecule has 0 amide bonds. The fourth-order valence-corrected chi connectivity index (χ4v) is 1.43. The van der Waals surface area contributed by atoms with Crippen molar-refractivity contribution in [1.29, 1.82) is 0 Å². The summed E-state index contributed by atoms with van der Waals surface area (Å²) in [5.74, 6) is 0. The van der Waals surface area contributed by atoms with E-state index in [1.807, 2.05) is 0 Å². The molecule has 0 heterocycles. The fraction of sp³-hybridized carbons (Fsp3) is 0.600. The van der Waals surface area contributed by atoms with Crippen molar-refractivity contribution in [3.05, 3.63) is 12.2 Å². The van der Waals surface area contributed by atoms with Gasteiger partial charge in [0.1, 0.15) is 1.43 Å². The van der Waals surface area contributed by atoms with Crippen LogP contribution in [0.4, 0.5) is 0 Å². The summed E-state index contributed by atoms with van der Waals surface area (Å²) in [4.78, 5) is 0. The Morgan fingerprint density at radius 1 is 1.33 bits per heavy atom. The molecule has 0 nitrogen and oxygen atoms in total. The smallest absolute Gasteiger partial charge is 0.0895 e. The molecule has 9 heavy (non-hydrogen) atoms. The molecule has 0 aromatic carbocycles. The Morgan fingerprint density at radius 2 is 1.78 bits per heavy atom. The number of allylic oxidation sites excluding steroid dienone is 2. The van der Waals surface area contributed by atoms with Gasteiger partial charge in [-0.25, -0.2) is 0 Å². The van der Waals surface area contributed by atoms with Gasteiger partial charge in [0.05, 0.1) is 1.93 Å². The van der Waals surface area contributed by atoms with Crippen molar-refractivity contribution in [1.82, 2.24) is 0 Å². The highest BCUT2D eigenvalue weighted by molar-refractivity contribution is 14.2. The van der Waals surface area contributed by atoms with Crippen LogP contribution in [0.1, 0.15) is 6.92 Å². The Balaban J connectivity index is 4.01. The average molecular weight is 574 g/mol. The summed E-state index contributed by atoms with van der Waals surface area (Å²) in [7, 11) is 0. The monoisotopic (exact) mass is 574 g/mol. The quantitative estimate of drug-likeness (QED) is 0.262. The Kier molecular flexibility index (Phi) is 6.91. The summed E-state index contributed by atoms with van der Waals surface area (Å²) in [6.45, 7) is 2.06. The SMILES string of the molecule is CC=CC(I)(I)C(I)I. The van der Waals surface area contributed by atoms with Gasteiger partial charge in [0, 0.05) is 0 Å². The van der Waals surface area contributed by atoms with Crippen LogP contribution in [0.2, 0.25) is 0 Å². The van der Waals surface area contributed by atoms with Gasteiger partial charge in [0.15, 0.2) is 0 Å². The number of hydrogen-bond acceptors (Lipinski definition) is 0. The normalized spacial score (nSPS) is 13.6. The van der Waals surface area contributed by atoms with Gasteiger partial charge in [-0.1, -0.05) is 103 Å². The minimum Gasteiger partial charge on any atom is -0.0895 e. The van der Waals surface area contributed by atoms with Gasteiger partial charge < -0.3 is 0 Å². The lowest BCUT2D eigenvalue weighted by Gasteiger charge is -2.16. The largest absolute Gasteiger partial charge is 0.112 e. The Morgan fingerprint density at radius 3 is 1.89 bits per heavy atom. The second kappa shape index (κ2) is 5.33. The molecule has 0 radical (unpaired) electrons. The van der Waals surface area contributed by atoms with E-state index in [4.69, 9.17) is 0 Å². The van der Waals surface area contributed by atoms with Gasteiger partial charge in [-0.2, -0.15) is 0 Å². The van der Waals surface area contributed by atoms with Gasteiger partial charge in [-0.3, -0.25) is 0 Å². The number of rotatable bonds is 2. The van der Waals surface area contributed by atoms with Gasteiger partial charge >= 0.3 is 0 Å². The van der Waals surface area contributed by atoms with Crippen LogP contribution in [0.15, 0.2) is 12.2 Å². The van der Waals surface area contributed by atoms with Crippen LogP contribution < -0.4 is 0 Å². The topological polar surface area (TPSA) is 0 Å². The van der Waals surface area contributed by atoms with E-state index >= 15 is 0 Å². The summed E-state index contributed by atoms with van der Waals surface area (Å²) >= 11 is 9.76. The lowest BCUT2D eigenvalue weighted by atomic mass is 10.4. The molecular weight excluding hydrogens is 568 g/mol. The molecule has 0 spiro atoms. The highest BCUT2D eigenvalue weighted by atomic mass is 127. The molecule has 4 heteroatoms. The molecule has 0 fully saturated rings. The van der Waals surface area contributed by atoms with E-state index in [2.05, 4.69) is 109 Å². The summed E-state index contributed by atoms with van der Waals surface area (Å²) in [6.07, 6.45) is 4.32. The molecule has 0 rings (SSSR count). The molecule has 0 N–H and O–H groups in total. The summed E-state index contributed by atoms with van der Waals surface area (Å²) in [5.41, 5.74) is 0. The van der Waals surface area contributed by atoms with E-state index in [1.165, 1.54) is 0 Å². The van der Waals surface area contributed by atoms with Gasteiger partial charge in [0.2, 0.25) is 0 Å². The van der Waals surface area contributed by atoms with Crippen molar-refractivity contribution >= 4 is 90.4 Å². The third kappa shape index (κ3) is 4.99. The molecule has 0 bridgehead atoms. The third-order valence-corrected chi connectivity index (χ3v) is 9.38. The molecule has 0 atom stereocenters. The van der Waals surface area contributed by atoms with Crippen LogP contribution in [0, 0.1) is 0 Å². The second-order valence-corrected chi connectivity index (χ2v) is 12.0. The predicted octanol–water partition coefficient (Wildman–Crippen LogP) is 4.32. The first-order chi connectivity index (χ1) is 4.00. The zero-order chi connectivity index (χ0) is 7.49. The number of halogens is 4. The molecule has 0 aliphatic heterocycles. The highest BCUT2D eigenvalue weighted by Crippen LogP contribution is 2.40. The molecule has 54 valence electrons. The van der Waals surface area contributed by atoms with Crippen molar-refractivity contribution in [2.75, 3.05) is 0 Å². The Labute approximate surface area is 111 Å². The van der Waals surface area contributed by atoms with E-state index in [0.29, 0.717) is 1.93 Å². The molecule has 0 saturated carbocycles. The van der Waals surface area contributed by atoms with Crippen LogP contribution in [-0.2, 0) is 0 Å². The van der Waals surface area contributed by atoms with E-state index in [-0.39, 0.29) is 1.43 Å². The second-order valence-electron chi connectivity index (χ2n) is 1.48. The van der Waals surface area contributed by atoms with E-state index in [0.717, 1.165) is 0 Å². The average Bonchev–Trinajstić information content (AvgIpc) is 1.65. The lowest BCUT2D eigenvalue weighted by Crippen LogP contribution is -2.14. The first-order valence-electron chi connectivity index (χ1n) is 2.30. The zero-order valence-electron chi connectivity index (χ0n) is 4.74. The Bertz CT molecular complexity index is 106. The third-order valence-electron chi connectivity index (χ3n) is 0.680. The maximum absolute atomic E-state index is 2.45. The van der Waals surface area contributed by atoms with Crippen LogP contribution >= 0.6 is 90.4 Å². The molecular formula is C5H6I4. The number of hydrogen-bond donors (Lipinski definition) is 0. The highest BCUT2D eigenvalue weighted by Gasteiger charge is 2.25. The fourth-order valence-electron chi connectivity index (χ4n) is 0.295. The molecule has 0 aliphatic rings. The molecule has 0 aliphatic carbocycles. The molecule has 0 saturated heterocycles. The molecule has 0 aromatic heterocycles. The standard InChI is InChI=1S/C5H6I4/c1-2-3-5(8,9)4(6)7/h2-4H,1H3. The summed E-state index contributed by atoms with van der Waals surface area (Å²) < 4.78 is 0.927. The first-order valence-corrected chi connectivity index (χ1v) is 6.95. The van der Waals surface area contributed by atoms with Crippen molar-refractivity contribution < 1.29 is 0 Å². The lowest BCUT2D eigenvalue weighted by molar-refractivity contribution is 1.28. The van der Waals surface area contributed by atoms with Gasteiger partial charge in [0.25, 0.3) is 0 Å². The predicted molar refractivity (Wildman–Crippen MR) is 77.4 cm³/mol. The first kappa shape index (κ1) is 11.7. The van der Waals surface area contributed by atoms with E-state index < -0.39 is 0 Å². The van der Waals surface area contributed by atoms with Crippen molar-refractivity contribution in [2.45, 2.75) is 10.3 Å². The zero-order valence-corrected chi connectivity index (χ0v) is 13.4. The molecule has 0 unspecified atom stereocenters. The minimum absolute atomic E-state index is 0.283. The van der Waals surface area contributed by atoms with Crippen molar-refractivity contribution in [3.8, 4) is 0 Å². The van der Waals surface area contributed by atoms with Crippen LogP contribution in [-0.4, -0.2) is 3.36 Å². The molecule has 0 aromatic rings. The van der Waals surface area contributed by atoms with Gasteiger partial charge in [-0.05, 0) is 6.92 Å². The maximum atomic E-state index is 2.45. The Hall–Kier alpha value is 2.66. The van der Waals surface area contributed by atoms with Crippen molar-refractivity contribution in [2.24, 2.45) is 0 Å². The summed E-state index contributed by atoms with van der Waals surface area (Å²) in [5, 5.41) is 0. The van der Waals surface area contributed by atoms with Crippen molar-refractivity contribution in [3.63, 3.8) is 0 Å². The summed E-state index contributed by atoms with van der Waals surface area (Å²) in [6, 6.07) is 0. The maximum Gasteiger partial charge on any atom is 0.112 e. The van der Waals surface area contributed by atoms with Gasteiger partial charge in [-0.15, -0.1) is 0 Å². The van der Waals surface area contributed by atoms with Crippen LogP contribution in [0.25, 0.3) is 0 Å². The van der Waals surface area contributed by atoms with E-state index in [1.54, 1.807) is 0 Å². The number of alkyl halides is 4.